The number of hydrogen-bond acceptors (Lipinski definition) is 3. The molecule has 0 aliphatic carbocycles. The third-order valence-electron chi connectivity index (χ3n) is 1.63. The summed E-state index contributed by atoms with van der Waals surface area (Å²) in [5, 5.41) is 0. The number of benzene rings is 1. The van der Waals surface area contributed by atoms with Crippen molar-refractivity contribution in [2.75, 3.05) is 6.61 Å². The highest BCUT2D eigenvalue weighted by molar-refractivity contribution is 7.90. The van der Waals surface area contributed by atoms with E-state index in [0.717, 1.165) is 0 Å². The molecule has 0 fully saturated rings. The first-order chi connectivity index (χ1) is 7.60. The molecule has 0 aliphatic heterocycles. The minimum Gasteiger partial charge on any atom is -0.490 e. The molecule has 0 saturated carbocycles. The molecule has 0 radical (unpaired) electrons. The fourth-order valence-corrected chi connectivity index (χ4v) is 1.63. The Hall–Kier alpha value is -1.98. The van der Waals surface area contributed by atoms with Crippen molar-refractivity contribution in [1.29, 1.82) is 0 Å². The van der Waals surface area contributed by atoms with Gasteiger partial charge in [-0.05, 0) is 29.8 Å². The summed E-state index contributed by atoms with van der Waals surface area (Å²) in [6.45, 7) is 3.82. The second kappa shape index (κ2) is 5.20. The van der Waals surface area contributed by atoms with Gasteiger partial charge < -0.3 is 4.74 Å². The van der Waals surface area contributed by atoms with Gasteiger partial charge in [0, 0.05) is 9.43 Å². The van der Waals surface area contributed by atoms with E-state index in [1.54, 1.807) is 6.08 Å². The first kappa shape index (κ1) is 12.1. The Kier molecular flexibility index (Phi) is 3.93. The van der Waals surface area contributed by atoms with Crippen LogP contribution in [-0.2, 0) is 10.0 Å². The monoisotopic (exact) mass is 239 g/mol. The van der Waals surface area contributed by atoms with E-state index in [4.69, 9.17) is 10.3 Å². The zero-order chi connectivity index (χ0) is 12.0. The van der Waals surface area contributed by atoms with E-state index in [-0.39, 0.29) is 4.90 Å². The molecule has 1 rings (SSSR count). The third kappa shape index (κ3) is 3.01. The number of ether oxygens (including phenoxy) is 1. The zero-order valence-corrected chi connectivity index (χ0v) is 9.09. The maximum Gasteiger partial charge on any atom is 0.264 e. The highest BCUT2D eigenvalue weighted by Crippen LogP contribution is 2.17. The molecule has 16 heavy (non-hydrogen) atoms. The van der Waals surface area contributed by atoms with Crippen LogP contribution >= 0.6 is 0 Å². The summed E-state index contributed by atoms with van der Waals surface area (Å²) in [7, 11) is -3.91. The minimum absolute atomic E-state index is 0.0729. The van der Waals surface area contributed by atoms with Crippen molar-refractivity contribution in [3.8, 4) is 5.75 Å². The minimum atomic E-state index is -3.91. The Morgan fingerprint density at radius 2 is 2.06 bits per heavy atom. The Morgan fingerprint density at radius 3 is 2.56 bits per heavy atom. The average molecular weight is 239 g/mol. The van der Waals surface area contributed by atoms with E-state index in [9.17, 15) is 8.42 Å². The summed E-state index contributed by atoms with van der Waals surface area (Å²) in [4.78, 5) is 2.18. The van der Waals surface area contributed by atoms with Crippen LogP contribution in [0.15, 0.2) is 46.3 Å². The fourth-order valence-electron chi connectivity index (χ4n) is 0.958. The normalized spacial score (nSPS) is 10.2. The van der Waals surface area contributed by atoms with E-state index in [2.05, 4.69) is 16.0 Å². The van der Waals surface area contributed by atoms with Gasteiger partial charge in [0.2, 0.25) is 0 Å². The molecule has 0 unspecified atom stereocenters. The van der Waals surface area contributed by atoms with E-state index >= 15 is 0 Å². The molecule has 6 nitrogen and oxygen atoms in total. The van der Waals surface area contributed by atoms with Gasteiger partial charge in [-0.1, -0.05) is 12.7 Å². The second-order valence-corrected chi connectivity index (χ2v) is 4.30. The van der Waals surface area contributed by atoms with Crippen molar-refractivity contribution in [1.82, 2.24) is 0 Å². The fraction of sp³-hybridized carbons (Fsp3) is 0.111. The summed E-state index contributed by atoms with van der Waals surface area (Å²) < 4.78 is 30.4. The molecule has 0 heterocycles. The van der Waals surface area contributed by atoms with Gasteiger partial charge in [-0.3, -0.25) is 0 Å². The molecule has 0 atom stereocenters. The van der Waals surface area contributed by atoms with Gasteiger partial charge in [-0.2, -0.15) is 0 Å². The Balaban J connectivity index is 2.95. The molecule has 1 aromatic carbocycles. The molecular weight excluding hydrogens is 230 g/mol. The Labute approximate surface area is 92.8 Å². The van der Waals surface area contributed by atoms with Crippen molar-refractivity contribution >= 4 is 10.0 Å². The van der Waals surface area contributed by atoms with Crippen molar-refractivity contribution in [2.24, 2.45) is 4.52 Å². The molecule has 0 spiro atoms. The summed E-state index contributed by atoms with van der Waals surface area (Å²) in [6, 6.07) is 5.57. The van der Waals surface area contributed by atoms with Crippen LogP contribution in [0, 0.1) is 0 Å². The predicted octanol–water partition coefficient (Wildman–Crippen LogP) is 2.25. The third-order valence-corrected chi connectivity index (χ3v) is 2.79. The summed E-state index contributed by atoms with van der Waals surface area (Å²) >= 11 is 0. The van der Waals surface area contributed by atoms with Crippen LogP contribution in [0.5, 0.6) is 5.75 Å². The predicted molar refractivity (Wildman–Crippen MR) is 58.5 cm³/mol. The van der Waals surface area contributed by atoms with Crippen LogP contribution in [-0.4, -0.2) is 15.0 Å². The van der Waals surface area contributed by atoms with E-state index in [1.807, 2.05) is 0 Å². The van der Waals surface area contributed by atoms with Crippen LogP contribution < -0.4 is 4.74 Å². The maximum absolute atomic E-state index is 11.3. The number of hydrogen-bond donors (Lipinski definition) is 0. The summed E-state index contributed by atoms with van der Waals surface area (Å²) in [5.74, 6) is 0.514. The lowest BCUT2D eigenvalue weighted by Crippen LogP contribution is -1.96. The smallest absolute Gasteiger partial charge is 0.264 e. The zero-order valence-electron chi connectivity index (χ0n) is 8.28. The van der Waals surface area contributed by atoms with Crippen LogP contribution in [0.1, 0.15) is 0 Å². The van der Waals surface area contributed by atoms with E-state index in [1.165, 1.54) is 24.3 Å². The Morgan fingerprint density at radius 1 is 1.44 bits per heavy atom. The molecular formula is C9H9N3O3S. The molecule has 0 amide bonds. The number of nitrogens with zero attached hydrogens (tertiary/aromatic N) is 3. The van der Waals surface area contributed by atoms with Crippen molar-refractivity contribution in [3.63, 3.8) is 0 Å². The summed E-state index contributed by atoms with van der Waals surface area (Å²) in [5.41, 5.74) is 8.08. The van der Waals surface area contributed by atoms with Crippen LogP contribution in [0.25, 0.3) is 10.4 Å². The van der Waals surface area contributed by atoms with Crippen molar-refractivity contribution in [2.45, 2.75) is 4.90 Å². The van der Waals surface area contributed by atoms with Gasteiger partial charge in [0.15, 0.2) is 0 Å². The molecule has 0 saturated heterocycles. The maximum atomic E-state index is 11.3. The van der Waals surface area contributed by atoms with Gasteiger partial charge in [-0.25, -0.2) is 8.42 Å². The van der Waals surface area contributed by atoms with Crippen LogP contribution in [0.2, 0.25) is 0 Å². The molecule has 84 valence electrons. The molecule has 1 aromatic rings. The molecule has 7 heteroatoms. The first-order valence-corrected chi connectivity index (χ1v) is 5.69. The van der Waals surface area contributed by atoms with Gasteiger partial charge in [0.1, 0.15) is 12.4 Å². The number of rotatable bonds is 5. The first-order valence-electron chi connectivity index (χ1n) is 4.25. The lowest BCUT2D eigenvalue weighted by atomic mass is 10.3. The van der Waals surface area contributed by atoms with Gasteiger partial charge in [0.05, 0.1) is 4.90 Å². The quantitative estimate of drug-likeness (QED) is 0.341. The van der Waals surface area contributed by atoms with Gasteiger partial charge in [0.25, 0.3) is 10.0 Å². The molecule has 0 bridgehead atoms. The van der Waals surface area contributed by atoms with Crippen LogP contribution in [0.4, 0.5) is 0 Å². The SMILES string of the molecule is C=CCOc1ccc(S(=O)(=O)N=[N+]=[N-])cc1. The highest BCUT2D eigenvalue weighted by Gasteiger charge is 2.11. The summed E-state index contributed by atoms with van der Waals surface area (Å²) in [6.07, 6.45) is 1.57. The standard InChI is InChI=1S/C9H9N3O3S/c1-2-7-15-8-3-5-9(6-4-8)16(13,14)12-11-10/h2-6H,1,7H2. The van der Waals surface area contributed by atoms with Crippen molar-refractivity contribution in [3.05, 3.63) is 47.4 Å². The molecule has 0 aliphatic rings. The van der Waals surface area contributed by atoms with E-state index < -0.39 is 10.0 Å². The topological polar surface area (TPSA) is 92.1 Å². The average Bonchev–Trinajstić information content (AvgIpc) is 2.27. The van der Waals surface area contributed by atoms with Gasteiger partial charge >= 0.3 is 0 Å². The van der Waals surface area contributed by atoms with Crippen LogP contribution in [0.3, 0.4) is 0 Å². The molecule has 0 N–H and O–H groups in total. The van der Waals surface area contributed by atoms with Gasteiger partial charge in [-0.15, -0.1) is 0 Å². The Bertz CT molecular complexity index is 515. The lowest BCUT2D eigenvalue weighted by Gasteiger charge is -2.03. The largest absolute Gasteiger partial charge is 0.490 e. The van der Waals surface area contributed by atoms with E-state index in [0.29, 0.717) is 12.4 Å². The van der Waals surface area contributed by atoms with Crippen molar-refractivity contribution < 1.29 is 13.2 Å². The number of sulfonamides is 1. The molecule has 0 aromatic heterocycles. The lowest BCUT2D eigenvalue weighted by molar-refractivity contribution is 0.363. The highest BCUT2D eigenvalue weighted by atomic mass is 32.2. The second-order valence-electron chi connectivity index (χ2n) is 2.72. The number of azide groups is 1.